The molecule has 0 radical (unpaired) electrons. The molecule has 0 aliphatic carbocycles. The normalized spacial score (nSPS) is 11.7. The zero-order chi connectivity index (χ0) is 14.5. The maximum atomic E-state index is 5.58. The molecule has 0 aromatic carbocycles. The summed E-state index contributed by atoms with van der Waals surface area (Å²) in [5.41, 5.74) is 7.49. The molecule has 2 rings (SSSR count). The third-order valence-corrected chi connectivity index (χ3v) is 3.96. The van der Waals surface area contributed by atoms with Crippen LogP contribution in [0.3, 0.4) is 0 Å². The number of rotatable bonds is 7. The van der Waals surface area contributed by atoms with Crippen molar-refractivity contribution in [3.05, 3.63) is 22.6 Å². The largest absolute Gasteiger partial charge is 0.330 e. The van der Waals surface area contributed by atoms with Crippen LogP contribution in [0.4, 0.5) is 0 Å². The first-order valence-corrected chi connectivity index (χ1v) is 7.85. The molecule has 0 fully saturated rings. The Hall–Kier alpha value is -0.980. The van der Waals surface area contributed by atoms with Crippen LogP contribution >= 0.6 is 15.9 Å². The van der Waals surface area contributed by atoms with Crippen molar-refractivity contribution in [1.29, 1.82) is 0 Å². The lowest BCUT2D eigenvalue weighted by Crippen LogP contribution is -2.29. The zero-order valence-electron chi connectivity index (χ0n) is 12.1. The van der Waals surface area contributed by atoms with Gasteiger partial charge in [0.05, 0.1) is 5.52 Å². The molecular formula is C14H22BrN5. The highest BCUT2D eigenvalue weighted by atomic mass is 79.9. The molecule has 0 aliphatic rings. The van der Waals surface area contributed by atoms with Gasteiger partial charge in [-0.1, -0.05) is 6.92 Å². The highest BCUT2D eigenvalue weighted by Gasteiger charge is 2.10. The van der Waals surface area contributed by atoms with Gasteiger partial charge in [0.1, 0.15) is 5.82 Å². The number of hydrogen-bond acceptors (Lipinski definition) is 4. The van der Waals surface area contributed by atoms with Crippen LogP contribution in [0.5, 0.6) is 0 Å². The highest BCUT2D eigenvalue weighted by Crippen LogP contribution is 2.18. The molecule has 0 amide bonds. The topological polar surface area (TPSA) is 60.0 Å². The number of nitrogens with zero attached hydrogens (tertiary/aromatic N) is 4. The van der Waals surface area contributed by atoms with Gasteiger partial charge in [-0.25, -0.2) is 9.97 Å². The van der Waals surface area contributed by atoms with Gasteiger partial charge in [0.15, 0.2) is 5.65 Å². The minimum absolute atomic E-state index is 0.750. The predicted octanol–water partition coefficient (Wildman–Crippen LogP) is 2.17. The third kappa shape index (κ3) is 3.56. The lowest BCUT2D eigenvalue weighted by atomic mass is 10.3. The smallest absolute Gasteiger partial charge is 0.177 e. The summed E-state index contributed by atoms with van der Waals surface area (Å²) in [5.74, 6) is 1.01. The number of fused-ring (bicyclic) bond motifs is 1. The molecule has 0 saturated heterocycles. The molecule has 110 valence electrons. The van der Waals surface area contributed by atoms with Gasteiger partial charge in [0.25, 0.3) is 0 Å². The van der Waals surface area contributed by atoms with Crippen molar-refractivity contribution in [3.63, 3.8) is 0 Å². The summed E-state index contributed by atoms with van der Waals surface area (Å²) in [6.07, 6.45) is 2.84. The van der Waals surface area contributed by atoms with Crippen molar-refractivity contribution in [1.82, 2.24) is 19.4 Å². The standard InChI is InChI=1S/C14H22BrN5/c1-3-19(6-4-5-16)7-8-20-11(2)18-14-13(20)9-12(15)10-17-14/h9-10H,3-8,16H2,1-2H3. The van der Waals surface area contributed by atoms with Crippen molar-refractivity contribution in [2.75, 3.05) is 26.2 Å². The average molecular weight is 340 g/mol. The minimum Gasteiger partial charge on any atom is -0.330 e. The molecule has 0 atom stereocenters. The Kier molecular flexibility index (Phi) is 5.51. The van der Waals surface area contributed by atoms with E-state index in [1.165, 1.54) is 0 Å². The Labute approximate surface area is 128 Å². The van der Waals surface area contributed by atoms with Crippen LogP contribution in [0.2, 0.25) is 0 Å². The van der Waals surface area contributed by atoms with Crippen molar-refractivity contribution < 1.29 is 0 Å². The lowest BCUT2D eigenvalue weighted by Gasteiger charge is -2.20. The molecule has 0 spiro atoms. The van der Waals surface area contributed by atoms with E-state index in [-0.39, 0.29) is 0 Å². The molecule has 0 unspecified atom stereocenters. The number of aromatic nitrogens is 3. The molecule has 2 N–H and O–H groups in total. The summed E-state index contributed by atoms with van der Waals surface area (Å²) < 4.78 is 3.22. The number of hydrogen-bond donors (Lipinski definition) is 1. The highest BCUT2D eigenvalue weighted by molar-refractivity contribution is 9.10. The van der Waals surface area contributed by atoms with E-state index in [0.29, 0.717) is 0 Å². The first-order valence-electron chi connectivity index (χ1n) is 7.06. The Morgan fingerprint density at radius 3 is 2.90 bits per heavy atom. The quantitative estimate of drug-likeness (QED) is 0.839. The Balaban J connectivity index is 2.12. The van der Waals surface area contributed by atoms with Gasteiger partial charge >= 0.3 is 0 Å². The van der Waals surface area contributed by atoms with E-state index in [4.69, 9.17) is 5.73 Å². The fraction of sp³-hybridized carbons (Fsp3) is 0.571. The summed E-state index contributed by atoms with van der Waals surface area (Å²) in [6.45, 7) is 9.02. The minimum atomic E-state index is 0.750. The molecule has 20 heavy (non-hydrogen) atoms. The van der Waals surface area contributed by atoms with Gasteiger partial charge in [-0.05, 0) is 55.0 Å². The first kappa shape index (κ1) is 15.4. The molecule has 6 heteroatoms. The monoisotopic (exact) mass is 339 g/mol. The summed E-state index contributed by atoms with van der Waals surface area (Å²) in [4.78, 5) is 11.3. The van der Waals surface area contributed by atoms with Crippen LogP contribution in [0.1, 0.15) is 19.2 Å². The first-order chi connectivity index (χ1) is 9.65. The van der Waals surface area contributed by atoms with Crippen LogP contribution in [0.25, 0.3) is 11.2 Å². The molecule has 0 aliphatic heterocycles. The summed E-state index contributed by atoms with van der Waals surface area (Å²) >= 11 is 3.48. The van der Waals surface area contributed by atoms with Gasteiger partial charge in [-0.2, -0.15) is 0 Å². The van der Waals surface area contributed by atoms with Gasteiger partial charge in [0, 0.05) is 23.8 Å². The maximum Gasteiger partial charge on any atom is 0.177 e. The van der Waals surface area contributed by atoms with E-state index in [1.807, 2.05) is 6.92 Å². The van der Waals surface area contributed by atoms with Crippen molar-refractivity contribution in [2.45, 2.75) is 26.8 Å². The SMILES string of the molecule is CCN(CCCN)CCn1c(C)nc2ncc(Br)cc21. The molecule has 2 heterocycles. The Morgan fingerprint density at radius 1 is 1.40 bits per heavy atom. The Morgan fingerprint density at radius 2 is 2.20 bits per heavy atom. The number of aryl methyl sites for hydroxylation is 1. The van der Waals surface area contributed by atoms with Crippen molar-refractivity contribution in [3.8, 4) is 0 Å². The van der Waals surface area contributed by atoms with Gasteiger partial charge < -0.3 is 15.2 Å². The van der Waals surface area contributed by atoms with Gasteiger partial charge in [-0.15, -0.1) is 0 Å². The van der Waals surface area contributed by atoms with Crippen LogP contribution in [-0.4, -0.2) is 45.6 Å². The van der Waals surface area contributed by atoms with E-state index >= 15 is 0 Å². The van der Waals surface area contributed by atoms with Gasteiger partial charge in [0.2, 0.25) is 0 Å². The molecule has 0 bridgehead atoms. The molecule has 0 saturated carbocycles. The summed E-state index contributed by atoms with van der Waals surface area (Å²) in [6, 6.07) is 2.08. The molecular weight excluding hydrogens is 318 g/mol. The lowest BCUT2D eigenvalue weighted by molar-refractivity contribution is 0.275. The zero-order valence-corrected chi connectivity index (χ0v) is 13.7. The fourth-order valence-corrected chi connectivity index (χ4v) is 2.68. The fourth-order valence-electron chi connectivity index (χ4n) is 2.36. The number of halogens is 1. The van der Waals surface area contributed by atoms with E-state index in [2.05, 4.69) is 48.4 Å². The van der Waals surface area contributed by atoms with E-state index in [9.17, 15) is 0 Å². The number of imidazole rings is 1. The average Bonchev–Trinajstić information content (AvgIpc) is 2.74. The van der Waals surface area contributed by atoms with E-state index in [1.54, 1.807) is 6.20 Å². The predicted molar refractivity (Wildman–Crippen MR) is 85.8 cm³/mol. The van der Waals surface area contributed by atoms with Crippen LogP contribution in [0, 0.1) is 6.92 Å². The second-order valence-electron chi connectivity index (χ2n) is 4.88. The molecule has 2 aromatic rings. The summed E-state index contributed by atoms with van der Waals surface area (Å²) in [5, 5.41) is 0. The molecule has 2 aromatic heterocycles. The molecule has 5 nitrogen and oxygen atoms in total. The van der Waals surface area contributed by atoms with Crippen molar-refractivity contribution >= 4 is 27.1 Å². The number of likely N-dealkylation sites (N-methyl/N-ethyl adjacent to an activating group) is 1. The summed E-state index contributed by atoms with van der Waals surface area (Å²) in [7, 11) is 0. The van der Waals surface area contributed by atoms with Crippen LogP contribution < -0.4 is 5.73 Å². The van der Waals surface area contributed by atoms with E-state index < -0.39 is 0 Å². The number of pyridine rings is 1. The second kappa shape index (κ2) is 7.15. The third-order valence-electron chi connectivity index (χ3n) is 3.53. The van der Waals surface area contributed by atoms with Crippen LogP contribution in [-0.2, 0) is 6.54 Å². The van der Waals surface area contributed by atoms with Crippen molar-refractivity contribution in [2.24, 2.45) is 5.73 Å². The van der Waals surface area contributed by atoms with Gasteiger partial charge in [-0.3, -0.25) is 0 Å². The number of nitrogens with two attached hydrogens (primary N) is 1. The Bertz CT molecular complexity index is 566. The second-order valence-corrected chi connectivity index (χ2v) is 5.80. The van der Waals surface area contributed by atoms with Crippen LogP contribution in [0.15, 0.2) is 16.7 Å². The van der Waals surface area contributed by atoms with E-state index in [0.717, 1.165) is 60.6 Å². The maximum absolute atomic E-state index is 5.58.